The average molecular weight is 279 g/mol. The van der Waals surface area contributed by atoms with Gasteiger partial charge in [-0.1, -0.05) is 4.79 Å². The number of fused-ring (bicyclic) bond motifs is 3. The lowest BCUT2D eigenvalue weighted by Crippen LogP contribution is -2.60. The molecule has 104 valence electrons. The number of hydrogen-bond acceptors (Lipinski definition) is 3. The molecule has 6 heteroatoms. The van der Waals surface area contributed by atoms with Crippen LogP contribution in [-0.4, -0.2) is 16.6 Å². The van der Waals surface area contributed by atoms with Crippen molar-refractivity contribution >= 4 is 29.7 Å². The van der Waals surface area contributed by atoms with E-state index in [1.54, 1.807) is 6.20 Å². The number of rotatable bonds is 1. The Morgan fingerprint density at radius 3 is 2.95 bits per heavy atom. The van der Waals surface area contributed by atoms with Crippen LogP contribution in [0.3, 0.4) is 0 Å². The molecule has 0 radical (unpaired) electrons. The average Bonchev–Trinajstić information content (AvgIpc) is 3.04. The summed E-state index contributed by atoms with van der Waals surface area (Å²) in [6.07, 6.45) is 8.00. The number of aryl methyl sites for hydroxylation is 1. The van der Waals surface area contributed by atoms with Crippen molar-refractivity contribution in [3.8, 4) is 0 Å². The highest BCUT2D eigenvalue weighted by atomic mass is 16.3. The first kappa shape index (κ1) is 12.3. The summed E-state index contributed by atoms with van der Waals surface area (Å²) in [6, 6.07) is 6.03. The predicted octanol–water partition coefficient (Wildman–Crippen LogP) is 1.29. The summed E-state index contributed by atoms with van der Waals surface area (Å²) in [5, 5.41) is 1.08. The van der Waals surface area contributed by atoms with Crippen LogP contribution in [0.1, 0.15) is 12.5 Å². The zero-order valence-corrected chi connectivity index (χ0v) is 12.3. The molecule has 0 N–H and O–H groups in total. The number of nitrogens with zero attached hydrogens (tertiary/aromatic N) is 4. The Morgan fingerprint density at radius 2 is 2.19 bits per heavy atom. The molecule has 0 saturated carbocycles. The normalized spacial score (nSPS) is 14.5. The summed E-state index contributed by atoms with van der Waals surface area (Å²) in [7, 11) is 2.02. The van der Waals surface area contributed by atoms with Gasteiger partial charge in [0.25, 0.3) is 0 Å². The van der Waals surface area contributed by atoms with Gasteiger partial charge in [0.1, 0.15) is 24.6 Å². The van der Waals surface area contributed by atoms with Crippen LogP contribution in [-0.2, 0) is 7.05 Å². The van der Waals surface area contributed by atoms with E-state index < -0.39 is 0 Å². The van der Waals surface area contributed by atoms with E-state index >= 15 is 0 Å². The quantitative estimate of drug-likeness (QED) is 0.497. The van der Waals surface area contributed by atoms with Gasteiger partial charge in [-0.3, -0.25) is 0 Å². The van der Waals surface area contributed by atoms with Gasteiger partial charge in [-0.25, -0.2) is 9.90 Å². The number of allylic oxidation sites excluding steroid dienone is 1. The Kier molecular flexibility index (Phi) is 2.48. The first-order valence-electron chi connectivity index (χ1n) is 7.05. The molecule has 21 heavy (non-hydrogen) atoms. The van der Waals surface area contributed by atoms with Crippen molar-refractivity contribution in [3.05, 3.63) is 48.1 Å². The largest absolute Gasteiger partial charge is 0.469 e. The molecule has 0 amide bonds. The van der Waals surface area contributed by atoms with E-state index in [-0.39, 0.29) is 6.85 Å². The van der Waals surface area contributed by atoms with E-state index in [2.05, 4.69) is 40.6 Å². The fourth-order valence-corrected chi connectivity index (χ4v) is 3.10. The fourth-order valence-electron chi connectivity index (χ4n) is 3.10. The Hall–Kier alpha value is -2.50. The molecule has 1 aliphatic rings. The predicted molar refractivity (Wildman–Crippen MR) is 82.7 cm³/mol. The number of hydrogen-bond donors (Lipinski definition) is 0. The first-order chi connectivity index (χ1) is 10.2. The van der Waals surface area contributed by atoms with Gasteiger partial charge in [0.15, 0.2) is 0 Å². The van der Waals surface area contributed by atoms with Crippen LogP contribution in [0.4, 0.5) is 0 Å². The molecule has 0 unspecified atom stereocenters. The van der Waals surface area contributed by atoms with Crippen molar-refractivity contribution in [3.63, 3.8) is 0 Å². The van der Waals surface area contributed by atoms with Gasteiger partial charge in [0.2, 0.25) is 5.71 Å². The van der Waals surface area contributed by atoms with Gasteiger partial charge in [0.05, 0.1) is 6.20 Å². The minimum Gasteiger partial charge on any atom is -0.447 e. The van der Waals surface area contributed by atoms with Crippen molar-refractivity contribution in [2.45, 2.75) is 13.7 Å². The van der Waals surface area contributed by atoms with Crippen molar-refractivity contribution in [2.24, 2.45) is 7.05 Å². The van der Waals surface area contributed by atoms with Crippen LogP contribution in [0.2, 0.25) is 6.82 Å². The SMILES string of the molecule is CB1c2oc3ncccc3c2C=C(C)N1n1ccc[n+]1C. The molecule has 3 aromatic rings. The summed E-state index contributed by atoms with van der Waals surface area (Å²) >= 11 is 0. The molecule has 1 aliphatic heterocycles. The molecule has 5 nitrogen and oxygen atoms in total. The molecule has 4 heterocycles. The third-order valence-electron chi connectivity index (χ3n) is 4.06. The van der Waals surface area contributed by atoms with Crippen LogP contribution in [0, 0.1) is 0 Å². The van der Waals surface area contributed by atoms with Crippen LogP contribution < -0.4 is 15.3 Å². The molecular weight excluding hydrogens is 263 g/mol. The topological polar surface area (TPSA) is 38.1 Å². The second-order valence-corrected chi connectivity index (χ2v) is 5.43. The minimum atomic E-state index is 0.109. The monoisotopic (exact) mass is 279 g/mol. The zero-order chi connectivity index (χ0) is 14.6. The second kappa shape index (κ2) is 4.25. The lowest BCUT2D eigenvalue weighted by atomic mass is 9.58. The van der Waals surface area contributed by atoms with Crippen LogP contribution in [0.25, 0.3) is 17.2 Å². The highest BCUT2D eigenvalue weighted by Gasteiger charge is 2.40. The van der Waals surface area contributed by atoms with Crippen molar-refractivity contribution in [1.29, 1.82) is 0 Å². The number of pyridine rings is 1. The van der Waals surface area contributed by atoms with Crippen LogP contribution in [0.5, 0.6) is 0 Å². The van der Waals surface area contributed by atoms with Gasteiger partial charge >= 0.3 is 6.85 Å². The van der Waals surface area contributed by atoms with E-state index in [9.17, 15) is 0 Å². The standard InChI is InChI=1S/C15H16BN4O/c1-11-10-13-12-6-4-7-17-15(12)21-14(13)16(2)20(11)19-9-5-8-18(19)3/h4-10H,1-3H3/q+1. The Labute approximate surface area is 123 Å². The maximum absolute atomic E-state index is 6.00. The van der Waals surface area contributed by atoms with Crippen molar-refractivity contribution in [2.75, 3.05) is 4.92 Å². The minimum absolute atomic E-state index is 0.109. The van der Waals surface area contributed by atoms with Gasteiger partial charge < -0.3 is 4.42 Å². The highest BCUT2D eigenvalue weighted by Crippen LogP contribution is 2.25. The molecule has 0 saturated heterocycles. The van der Waals surface area contributed by atoms with E-state index in [0.717, 1.165) is 16.6 Å². The zero-order valence-electron chi connectivity index (χ0n) is 12.3. The Balaban J connectivity index is 1.93. The third kappa shape index (κ3) is 1.65. The highest BCUT2D eigenvalue weighted by molar-refractivity contribution is 6.75. The van der Waals surface area contributed by atoms with E-state index in [1.165, 1.54) is 5.70 Å². The van der Waals surface area contributed by atoms with E-state index in [1.807, 2.05) is 36.3 Å². The van der Waals surface area contributed by atoms with Crippen molar-refractivity contribution < 1.29 is 9.10 Å². The molecule has 0 atom stereocenters. The molecular formula is C15H16BN4O+. The second-order valence-electron chi connectivity index (χ2n) is 5.43. The summed E-state index contributed by atoms with van der Waals surface area (Å²) in [6.45, 7) is 4.38. The molecule has 0 bridgehead atoms. The van der Waals surface area contributed by atoms with E-state index in [0.29, 0.717) is 5.71 Å². The maximum atomic E-state index is 6.00. The van der Waals surface area contributed by atoms with Gasteiger partial charge in [0, 0.05) is 23.2 Å². The molecule has 3 aromatic heterocycles. The van der Waals surface area contributed by atoms with Crippen LogP contribution in [0.15, 0.2) is 46.9 Å². The summed E-state index contributed by atoms with van der Waals surface area (Å²) < 4.78 is 8.04. The number of aromatic nitrogens is 3. The molecule has 0 spiro atoms. The fraction of sp³-hybridized carbons (Fsp3) is 0.200. The summed E-state index contributed by atoms with van der Waals surface area (Å²) in [4.78, 5) is 8.62. The molecule has 0 fully saturated rings. The van der Waals surface area contributed by atoms with Crippen molar-refractivity contribution in [1.82, 2.24) is 9.77 Å². The molecule has 0 aromatic carbocycles. The van der Waals surface area contributed by atoms with Gasteiger partial charge in [-0.2, -0.15) is 4.68 Å². The smallest absolute Gasteiger partial charge is 0.447 e. The summed E-state index contributed by atoms with van der Waals surface area (Å²) in [5.41, 5.74) is 3.99. The first-order valence-corrected chi connectivity index (χ1v) is 7.05. The summed E-state index contributed by atoms with van der Waals surface area (Å²) in [5.74, 6) is 0. The van der Waals surface area contributed by atoms with Gasteiger partial charge in [-0.15, -0.1) is 0 Å². The van der Waals surface area contributed by atoms with E-state index in [4.69, 9.17) is 4.42 Å². The Bertz CT molecular complexity index is 864. The maximum Gasteiger partial charge on any atom is 0.469 e. The number of furan rings is 1. The van der Waals surface area contributed by atoms with Crippen LogP contribution >= 0.6 is 0 Å². The molecule has 4 rings (SSSR count). The van der Waals surface area contributed by atoms with Gasteiger partial charge in [-0.05, 0) is 32.0 Å². The molecule has 0 aliphatic carbocycles. The third-order valence-corrected chi connectivity index (χ3v) is 4.06. The Morgan fingerprint density at radius 1 is 1.33 bits per heavy atom. The lowest BCUT2D eigenvalue weighted by Gasteiger charge is -2.25. The lowest BCUT2D eigenvalue weighted by molar-refractivity contribution is -0.751.